The van der Waals surface area contributed by atoms with Crippen molar-refractivity contribution in [3.05, 3.63) is 0 Å². The quantitative estimate of drug-likeness (QED) is 0.163. The van der Waals surface area contributed by atoms with Gasteiger partial charge in [0.25, 0.3) is 0 Å². The Morgan fingerprint density at radius 2 is 0.531 bits per heavy atom. The number of nitrogens with one attached hydrogen (secondary N) is 1. The summed E-state index contributed by atoms with van der Waals surface area (Å²) in [7, 11) is 0. The minimum atomic E-state index is -8.89. The van der Waals surface area contributed by atoms with E-state index in [2.05, 4.69) is 0 Å². The van der Waals surface area contributed by atoms with E-state index in [9.17, 15) is 123 Å². The van der Waals surface area contributed by atoms with E-state index in [0.29, 0.717) is 0 Å². The molecular formula is C19H12F29N. The summed E-state index contributed by atoms with van der Waals surface area (Å²) >= 11 is 0. The normalized spacial score (nSPS) is 17.9. The Bertz CT molecular complexity index is 1160. The second-order valence-electron chi connectivity index (χ2n) is 10.1. The maximum Gasteiger partial charge on any atom is 0.460 e. The highest BCUT2D eigenvalue weighted by molar-refractivity contribution is 5.17. The first-order chi connectivity index (χ1) is 20.7. The van der Waals surface area contributed by atoms with Gasteiger partial charge in [-0.15, -0.1) is 0 Å². The molecule has 0 saturated heterocycles. The maximum absolute atomic E-state index is 15.1. The molecule has 1 N–H and O–H groups in total. The summed E-state index contributed by atoms with van der Waals surface area (Å²) in [6.07, 6.45) is -16.0. The molecule has 0 fully saturated rings. The zero-order valence-corrected chi connectivity index (χ0v) is 22.5. The van der Waals surface area contributed by atoms with Gasteiger partial charge in [0, 0.05) is 6.54 Å². The maximum atomic E-state index is 15.1. The Kier molecular flexibility index (Phi) is 11.5. The monoisotopic (exact) mass is 805 g/mol. The lowest BCUT2D eigenvalue weighted by Gasteiger charge is -2.45. The Morgan fingerprint density at radius 3 is 0.776 bits per heavy atom. The number of rotatable bonds is 15. The first kappa shape index (κ1) is 46.9. The SMILES string of the molecule is CC(C)C(F)(CNCC(F)(F)C(F)(F)C(F)(F)C(F)(F)C(F)(F)C(F)(F)C(F)(F)F)C(F)(F)C(F)(F)C(F)(F)C(F)(F)C(F)(F)C(F)(F)F. The first-order valence-electron chi connectivity index (χ1n) is 11.3. The smallest absolute Gasteiger partial charge is 0.308 e. The van der Waals surface area contributed by atoms with E-state index >= 15 is 4.39 Å². The van der Waals surface area contributed by atoms with Gasteiger partial charge in [-0.25, -0.2) is 4.39 Å². The van der Waals surface area contributed by atoms with Gasteiger partial charge in [0.2, 0.25) is 0 Å². The second-order valence-corrected chi connectivity index (χ2v) is 10.1. The molecule has 0 spiro atoms. The summed E-state index contributed by atoms with van der Waals surface area (Å²) < 4.78 is 387. The lowest BCUT2D eigenvalue weighted by molar-refractivity contribution is -0.452. The van der Waals surface area contributed by atoms with Crippen molar-refractivity contribution in [3.63, 3.8) is 0 Å². The molecular weight excluding hydrogens is 793 g/mol. The zero-order chi connectivity index (χ0) is 40.7. The summed E-state index contributed by atoms with van der Waals surface area (Å²) in [5, 5.41) is -0.0794. The van der Waals surface area contributed by atoms with Crippen LogP contribution in [0.25, 0.3) is 0 Å². The van der Waals surface area contributed by atoms with Crippen molar-refractivity contribution in [2.45, 2.75) is 97.0 Å². The first-order valence-corrected chi connectivity index (χ1v) is 11.3. The topological polar surface area (TPSA) is 12.0 Å². The van der Waals surface area contributed by atoms with Crippen molar-refractivity contribution in [1.82, 2.24) is 5.32 Å². The zero-order valence-electron chi connectivity index (χ0n) is 22.5. The molecule has 0 aromatic rings. The predicted octanol–water partition coefficient (Wildman–Crippen LogP) is 10.1. The number of hydrogen-bond donors (Lipinski definition) is 1. The van der Waals surface area contributed by atoms with Gasteiger partial charge in [0.1, 0.15) is 0 Å². The molecule has 1 atom stereocenters. The second kappa shape index (κ2) is 12.0. The average molecular weight is 805 g/mol. The van der Waals surface area contributed by atoms with E-state index in [4.69, 9.17) is 0 Å². The summed E-state index contributed by atoms with van der Waals surface area (Å²) in [5.74, 6) is -96.3. The van der Waals surface area contributed by atoms with Crippen LogP contribution in [0.2, 0.25) is 0 Å². The lowest BCUT2D eigenvalue weighted by atomic mass is 9.79. The summed E-state index contributed by atoms with van der Waals surface area (Å²) in [4.78, 5) is 0. The minimum Gasteiger partial charge on any atom is -0.308 e. The van der Waals surface area contributed by atoms with E-state index < -0.39 is 102 Å². The highest BCUT2D eigenvalue weighted by atomic mass is 19.4. The van der Waals surface area contributed by atoms with Crippen molar-refractivity contribution in [2.75, 3.05) is 13.1 Å². The third-order valence-corrected chi connectivity index (χ3v) is 6.49. The van der Waals surface area contributed by atoms with Crippen LogP contribution in [-0.4, -0.2) is 96.3 Å². The molecule has 0 saturated carbocycles. The summed E-state index contributed by atoms with van der Waals surface area (Å²) in [5.41, 5.74) is -6.11. The molecule has 30 heteroatoms. The van der Waals surface area contributed by atoms with Crippen LogP contribution in [0.15, 0.2) is 0 Å². The van der Waals surface area contributed by atoms with Crippen molar-refractivity contribution >= 4 is 0 Å². The number of halogens is 29. The molecule has 1 unspecified atom stereocenters. The van der Waals surface area contributed by atoms with Gasteiger partial charge >= 0.3 is 77.5 Å². The predicted molar refractivity (Wildman–Crippen MR) is 98.1 cm³/mol. The fraction of sp³-hybridized carbons (Fsp3) is 1.00. The third-order valence-electron chi connectivity index (χ3n) is 6.49. The van der Waals surface area contributed by atoms with Crippen molar-refractivity contribution in [2.24, 2.45) is 5.92 Å². The highest BCUT2D eigenvalue weighted by Gasteiger charge is 2.94. The summed E-state index contributed by atoms with van der Waals surface area (Å²) in [6.45, 7) is -8.08. The van der Waals surface area contributed by atoms with Crippen LogP contribution in [0.4, 0.5) is 127 Å². The van der Waals surface area contributed by atoms with Crippen molar-refractivity contribution < 1.29 is 127 Å². The van der Waals surface area contributed by atoms with E-state index in [-0.39, 0.29) is 19.2 Å². The standard InChI is InChI=1S/C19H12F29N/c1-5(2)6(20,8(23,24)10(27,28)12(31,32)14(35,36)16(39,40)18(43,44)45)3-49-4-7(21,22)9(25,26)11(29,30)13(33,34)15(37,38)17(41,42)19(46,47)48/h5,49H,3-4H2,1-2H3. The number of hydrogen-bond acceptors (Lipinski definition) is 1. The van der Waals surface area contributed by atoms with Gasteiger partial charge in [-0.2, -0.15) is 123 Å². The molecule has 0 aliphatic carbocycles. The van der Waals surface area contributed by atoms with Crippen LogP contribution in [0.3, 0.4) is 0 Å². The van der Waals surface area contributed by atoms with Gasteiger partial charge in [0.15, 0.2) is 5.67 Å². The largest absolute Gasteiger partial charge is 0.460 e. The molecule has 0 aromatic heterocycles. The fourth-order valence-electron chi connectivity index (χ4n) is 3.22. The minimum absolute atomic E-state index is 0.0794. The molecule has 0 rings (SSSR count). The van der Waals surface area contributed by atoms with Crippen LogP contribution in [0, 0.1) is 5.92 Å². The van der Waals surface area contributed by atoms with Crippen LogP contribution >= 0.6 is 0 Å². The van der Waals surface area contributed by atoms with E-state index in [0.717, 1.165) is 0 Å². The molecule has 0 amide bonds. The fourth-order valence-corrected chi connectivity index (χ4v) is 3.22. The van der Waals surface area contributed by atoms with Crippen molar-refractivity contribution in [3.8, 4) is 0 Å². The van der Waals surface area contributed by atoms with E-state index in [1.807, 2.05) is 0 Å². The molecule has 0 radical (unpaired) electrons. The average Bonchev–Trinajstić information content (AvgIpc) is 2.85. The van der Waals surface area contributed by atoms with Crippen LogP contribution in [-0.2, 0) is 0 Å². The van der Waals surface area contributed by atoms with Gasteiger partial charge in [-0.1, -0.05) is 13.8 Å². The molecule has 0 aliphatic rings. The molecule has 296 valence electrons. The van der Waals surface area contributed by atoms with Gasteiger partial charge in [-0.3, -0.25) is 0 Å². The van der Waals surface area contributed by atoms with Crippen molar-refractivity contribution in [1.29, 1.82) is 0 Å². The van der Waals surface area contributed by atoms with Gasteiger partial charge in [0.05, 0.1) is 6.54 Å². The Balaban J connectivity index is 6.86. The molecule has 0 aromatic carbocycles. The Labute approximate surface area is 250 Å². The molecule has 49 heavy (non-hydrogen) atoms. The Morgan fingerprint density at radius 1 is 0.306 bits per heavy atom. The molecule has 0 aliphatic heterocycles. The van der Waals surface area contributed by atoms with Gasteiger partial charge < -0.3 is 5.32 Å². The van der Waals surface area contributed by atoms with Crippen LogP contribution < -0.4 is 5.32 Å². The van der Waals surface area contributed by atoms with Gasteiger partial charge in [-0.05, 0) is 5.92 Å². The summed E-state index contributed by atoms with van der Waals surface area (Å²) in [6, 6.07) is 0. The molecule has 0 bridgehead atoms. The Hall–Kier alpha value is -2.07. The van der Waals surface area contributed by atoms with E-state index in [1.165, 1.54) is 0 Å². The van der Waals surface area contributed by atoms with Crippen LogP contribution in [0.5, 0.6) is 0 Å². The van der Waals surface area contributed by atoms with E-state index in [1.54, 1.807) is 0 Å². The molecule has 1 nitrogen and oxygen atoms in total. The third kappa shape index (κ3) is 6.16. The van der Waals surface area contributed by atoms with Crippen LogP contribution in [0.1, 0.15) is 13.8 Å². The number of alkyl halides is 29. The highest BCUT2D eigenvalue weighted by Crippen LogP contribution is 2.64. The lowest BCUT2D eigenvalue weighted by Crippen LogP contribution is -2.75. The molecule has 0 heterocycles.